The highest BCUT2D eigenvalue weighted by atomic mass is 127. The second-order valence-electron chi connectivity index (χ2n) is 5.17. The van der Waals surface area contributed by atoms with Crippen LogP contribution in [0.15, 0.2) is 29.3 Å². The number of hydrogen-bond donors (Lipinski definition) is 1. The highest BCUT2D eigenvalue weighted by Crippen LogP contribution is 2.14. The second kappa shape index (κ2) is 10.6. The van der Waals surface area contributed by atoms with Gasteiger partial charge in [-0.2, -0.15) is 0 Å². The van der Waals surface area contributed by atoms with E-state index >= 15 is 0 Å². The predicted octanol–water partition coefficient (Wildman–Crippen LogP) is 2.81. The molecule has 1 aromatic rings. The van der Waals surface area contributed by atoms with Crippen LogP contribution in [0.5, 0.6) is 0 Å². The Bertz CT molecular complexity index is 563. The largest absolute Gasteiger partial charge is 0.450 e. The van der Waals surface area contributed by atoms with E-state index in [4.69, 9.17) is 16.3 Å². The van der Waals surface area contributed by atoms with Gasteiger partial charge in [-0.25, -0.2) is 4.79 Å². The topological polar surface area (TPSA) is 57.2 Å². The zero-order chi connectivity index (χ0) is 16.7. The summed E-state index contributed by atoms with van der Waals surface area (Å²) in [5.41, 5.74) is 1.03. The Kier molecular flexibility index (Phi) is 9.20. The van der Waals surface area contributed by atoms with Crippen LogP contribution in [0.3, 0.4) is 0 Å². The Balaban J connectivity index is 0.00000288. The van der Waals surface area contributed by atoms with Gasteiger partial charge >= 0.3 is 6.09 Å². The Hall–Kier alpha value is -1.22. The third-order valence-corrected chi connectivity index (χ3v) is 4.08. The number of halogens is 2. The van der Waals surface area contributed by atoms with Crippen molar-refractivity contribution in [3.8, 4) is 0 Å². The average molecular weight is 467 g/mol. The van der Waals surface area contributed by atoms with Gasteiger partial charge in [0.2, 0.25) is 0 Å². The standard InChI is InChI=1S/C16H23ClN4O2.HI/c1-3-23-16(22)21-10-8-20(9-11-21)15(18-2)19-12-13-6-4-5-7-14(13)17;/h4-7H,3,8-12H2,1-2H3,(H,18,19);1H. The summed E-state index contributed by atoms with van der Waals surface area (Å²) in [5, 5.41) is 4.06. The number of amides is 1. The monoisotopic (exact) mass is 466 g/mol. The van der Waals surface area contributed by atoms with Gasteiger partial charge in [-0.05, 0) is 18.6 Å². The molecule has 8 heteroatoms. The minimum absolute atomic E-state index is 0. The molecule has 24 heavy (non-hydrogen) atoms. The fraction of sp³-hybridized carbons (Fsp3) is 0.500. The van der Waals surface area contributed by atoms with Crippen LogP contribution in [0.25, 0.3) is 0 Å². The number of hydrogen-bond acceptors (Lipinski definition) is 3. The maximum absolute atomic E-state index is 11.7. The van der Waals surface area contributed by atoms with E-state index in [9.17, 15) is 4.79 Å². The van der Waals surface area contributed by atoms with Gasteiger partial charge in [-0.3, -0.25) is 4.99 Å². The number of guanidine groups is 1. The smallest absolute Gasteiger partial charge is 0.409 e. The quantitative estimate of drug-likeness (QED) is 0.423. The van der Waals surface area contributed by atoms with E-state index in [1.807, 2.05) is 31.2 Å². The van der Waals surface area contributed by atoms with Crippen molar-refractivity contribution in [1.29, 1.82) is 0 Å². The number of aliphatic imine (C=N–C) groups is 1. The molecule has 1 N–H and O–H groups in total. The second-order valence-corrected chi connectivity index (χ2v) is 5.57. The number of nitrogens with zero attached hydrogens (tertiary/aromatic N) is 3. The van der Waals surface area contributed by atoms with E-state index < -0.39 is 0 Å². The van der Waals surface area contributed by atoms with Crippen molar-refractivity contribution in [2.24, 2.45) is 4.99 Å². The normalized spacial score (nSPS) is 14.9. The Morgan fingerprint density at radius 1 is 1.25 bits per heavy atom. The van der Waals surface area contributed by atoms with Crippen molar-refractivity contribution in [3.63, 3.8) is 0 Å². The van der Waals surface area contributed by atoms with Crippen molar-refractivity contribution in [3.05, 3.63) is 34.9 Å². The Morgan fingerprint density at radius 3 is 2.46 bits per heavy atom. The fourth-order valence-corrected chi connectivity index (χ4v) is 2.67. The van der Waals surface area contributed by atoms with Crippen molar-refractivity contribution >= 4 is 47.6 Å². The average Bonchev–Trinajstić information content (AvgIpc) is 2.57. The number of carbonyl (C=O) groups excluding carboxylic acids is 1. The molecule has 0 unspecified atom stereocenters. The van der Waals surface area contributed by atoms with E-state index in [-0.39, 0.29) is 30.1 Å². The third kappa shape index (κ3) is 5.70. The zero-order valence-corrected chi connectivity index (χ0v) is 17.1. The molecular weight excluding hydrogens is 443 g/mol. The van der Waals surface area contributed by atoms with Crippen molar-refractivity contribution in [2.75, 3.05) is 39.8 Å². The highest BCUT2D eigenvalue weighted by Gasteiger charge is 2.23. The van der Waals surface area contributed by atoms with Gasteiger partial charge in [0.25, 0.3) is 0 Å². The molecule has 6 nitrogen and oxygen atoms in total. The minimum Gasteiger partial charge on any atom is -0.450 e. The highest BCUT2D eigenvalue weighted by molar-refractivity contribution is 14.0. The molecule has 1 aromatic carbocycles. The lowest BCUT2D eigenvalue weighted by molar-refractivity contribution is 0.0914. The summed E-state index contributed by atoms with van der Waals surface area (Å²) in [4.78, 5) is 19.9. The van der Waals surface area contributed by atoms with Gasteiger partial charge in [0, 0.05) is 44.8 Å². The van der Waals surface area contributed by atoms with Gasteiger partial charge < -0.3 is 19.9 Å². The van der Waals surface area contributed by atoms with Gasteiger partial charge in [0.15, 0.2) is 5.96 Å². The van der Waals surface area contributed by atoms with Crippen LogP contribution in [-0.2, 0) is 11.3 Å². The lowest BCUT2D eigenvalue weighted by atomic mass is 10.2. The molecule has 0 spiro atoms. The number of ether oxygens (including phenoxy) is 1. The molecule has 1 aliphatic heterocycles. The lowest BCUT2D eigenvalue weighted by Crippen LogP contribution is -2.53. The van der Waals surface area contributed by atoms with E-state index in [0.29, 0.717) is 26.2 Å². The minimum atomic E-state index is -0.244. The lowest BCUT2D eigenvalue weighted by Gasteiger charge is -2.35. The van der Waals surface area contributed by atoms with E-state index in [1.54, 1.807) is 11.9 Å². The molecule has 1 saturated heterocycles. The van der Waals surface area contributed by atoms with Crippen molar-refractivity contribution < 1.29 is 9.53 Å². The van der Waals surface area contributed by atoms with E-state index in [1.165, 1.54) is 0 Å². The summed E-state index contributed by atoms with van der Waals surface area (Å²) < 4.78 is 5.03. The Labute approximate surface area is 165 Å². The van der Waals surface area contributed by atoms with Crippen LogP contribution in [0.4, 0.5) is 4.79 Å². The molecule has 1 aliphatic rings. The first kappa shape index (κ1) is 20.8. The molecule has 1 amide bonds. The molecule has 134 valence electrons. The molecule has 0 aliphatic carbocycles. The summed E-state index contributed by atoms with van der Waals surface area (Å²) in [7, 11) is 1.76. The van der Waals surface area contributed by atoms with Crippen molar-refractivity contribution in [2.45, 2.75) is 13.5 Å². The molecule has 2 rings (SSSR count). The van der Waals surface area contributed by atoms with Crippen LogP contribution in [0.1, 0.15) is 12.5 Å². The maximum atomic E-state index is 11.7. The van der Waals surface area contributed by atoms with Gasteiger partial charge in [0.1, 0.15) is 0 Å². The molecule has 0 aromatic heterocycles. The molecule has 1 fully saturated rings. The van der Waals surface area contributed by atoms with Crippen LogP contribution in [0.2, 0.25) is 5.02 Å². The van der Waals surface area contributed by atoms with Crippen molar-refractivity contribution in [1.82, 2.24) is 15.1 Å². The summed E-state index contributed by atoms with van der Waals surface area (Å²) in [6.45, 7) is 5.54. The maximum Gasteiger partial charge on any atom is 0.409 e. The Morgan fingerprint density at radius 2 is 1.88 bits per heavy atom. The molecule has 0 radical (unpaired) electrons. The summed E-state index contributed by atoms with van der Waals surface area (Å²) in [5.74, 6) is 0.813. The molecule has 1 heterocycles. The number of nitrogens with one attached hydrogen (secondary N) is 1. The number of benzene rings is 1. The summed E-state index contributed by atoms with van der Waals surface area (Å²) in [6.07, 6.45) is -0.244. The first-order chi connectivity index (χ1) is 11.2. The van der Waals surface area contributed by atoms with Gasteiger partial charge in [0.05, 0.1) is 6.61 Å². The van der Waals surface area contributed by atoms with Gasteiger partial charge in [-0.15, -0.1) is 24.0 Å². The summed E-state index contributed by atoms with van der Waals surface area (Å²) in [6, 6.07) is 7.74. The van der Waals surface area contributed by atoms with Crippen LogP contribution in [-0.4, -0.2) is 61.7 Å². The molecule has 0 saturated carbocycles. The molecule has 0 atom stereocenters. The van der Waals surface area contributed by atoms with Crippen LogP contribution >= 0.6 is 35.6 Å². The number of piperazine rings is 1. The number of carbonyl (C=O) groups is 1. The van der Waals surface area contributed by atoms with Crippen LogP contribution < -0.4 is 5.32 Å². The van der Waals surface area contributed by atoms with E-state index in [2.05, 4.69) is 15.2 Å². The van der Waals surface area contributed by atoms with Crippen LogP contribution in [0, 0.1) is 0 Å². The predicted molar refractivity (Wildman–Crippen MR) is 107 cm³/mol. The van der Waals surface area contributed by atoms with E-state index in [0.717, 1.165) is 29.6 Å². The summed E-state index contributed by atoms with van der Waals surface area (Å²) >= 11 is 6.17. The van der Waals surface area contributed by atoms with Gasteiger partial charge in [-0.1, -0.05) is 29.8 Å². The third-order valence-electron chi connectivity index (χ3n) is 3.71. The number of rotatable bonds is 3. The molecular formula is C16H24ClIN4O2. The SMILES string of the molecule is CCOC(=O)N1CCN(C(=NC)NCc2ccccc2Cl)CC1.I. The first-order valence-electron chi connectivity index (χ1n) is 7.76. The fourth-order valence-electron chi connectivity index (χ4n) is 2.46. The zero-order valence-electron chi connectivity index (χ0n) is 14.0. The molecule has 0 bridgehead atoms. The first-order valence-corrected chi connectivity index (χ1v) is 8.14.